The molecule has 1 aromatic carbocycles. The van der Waals surface area contributed by atoms with Gasteiger partial charge in [-0.3, -0.25) is 14.2 Å². The smallest absolute Gasteiger partial charge is 0.262 e. The van der Waals surface area contributed by atoms with Crippen molar-refractivity contribution in [1.82, 2.24) is 14.9 Å². The van der Waals surface area contributed by atoms with Crippen LogP contribution >= 0.6 is 0 Å². The highest BCUT2D eigenvalue weighted by molar-refractivity contribution is 5.82. The van der Waals surface area contributed by atoms with E-state index in [1.807, 2.05) is 13.8 Å². The Balaban J connectivity index is 1.86. The molecule has 152 valence electrons. The molecular formula is C20H27N3O5. The van der Waals surface area contributed by atoms with Crippen molar-refractivity contribution in [2.75, 3.05) is 20.8 Å². The molecule has 1 saturated heterocycles. The molecule has 0 bridgehead atoms. The maximum Gasteiger partial charge on any atom is 0.262 e. The molecule has 1 N–H and O–H groups in total. The number of fused-ring (bicyclic) bond motifs is 1. The molecule has 1 aliphatic rings. The number of carbonyl (C=O) groups is 1. The van der Waals surface area contributed by atoms with Crippen LogP contribution in [0.25, 0.3) is 10.9 Å². The van der Waals surface area contributed by atoms with E-state index in [-0.39, 0.29) is 29.7 Å². The number of nitrogens with one attached hydrogen (secondary N) is 1. The fourth-order valence-corrected chi connectivity index (χ4v) is 3.62. The summed E-state index contributed by atoms with van der Waals surface area (Å²) in [5.41, 5.74) is -0.0443. The van der Waals surface area contributed by atoms with Crippen molar-refractivity contribution in [3.8, 4) is 11.5 Å². The number of hydrogen-bond donors (Lipinski definition) is 1. The molecule has 1 amide bonds. The van der Waals surface area contributed by atoms with Gasteiger partial charge in [0, 0.05) is 18.7 Å². The summed E-state index contributed by atoms with van der Waals surface area (Å²) in [4.78, 5) is 30.0. The molecule has 0 radical (unpaired) electrons. The molecule has 0 aliphatic carbocycles. The van der Waals surface area contributed by atoms with Crippen LogP contribution in [-0.4, -0.2) is 47.9 Å². The number of ether oxygens (including phenoxy) is 3. The van der Waals surface area contributed by atoms with E-state index in [9.17, 15) is 9.59 Å². The van der Waals surface area contributed by atoms with Gasteiger partial charge in [0.15, 0.2) is 11.5 Å². The molecule has 2 heterocycles. The van der Waals surface area contributed by atoms with Gasteiger partial charge in [-0.05, 0) is 39.7 Å². The minimum absolute atomic E-state index is 0.0324. The summed E-state index contributed by atoms with van der Waals surface area (Å²) in [5.74, 6) is 1.19. The van der Waals surface area contributed by atoms with Gasteiger partial charge < -0.3 is 19.5 Å². The molecule has 1 atom stereocenters. The lowest BCUT2D eigenvalue weighted by atomic mass is 9.94. The van der Waals surface area contributed by atoms with E-state index in [4.69, 9.17) is 14.2 Å². The third kappa shape index (κ3) is 4.11. The fraction of sp³-hybridized carbons (Fsp3) is 0.550. The average Bonchev–Trinajstić information content (AvgIpc) is 2.63. The fourth-order valence-electron chi connectivity index (χ4n) is 3.62. The summed E-state index contributed by atoms with van der Waals surface area (Å²) in [7, 11) is 3.03. The number of aromatic nitrogens is 2. The first-order valence-corrected chi connectivity index (χ1v) is 9.30. The van der Waals surface area contributed by atoms with Crippen molar-refractivity contribution < 1.29 is 19.0 Å². The number of aryl methyl sites for hydroxylation is 1. The van der Waals surface area contributed by atoms with Gasteiger partial charge in [-0.1, -0.05) is 0 Å². The highest BCUT2D eigenvalue weighted by Crippen LogP contribution is 2.30. The van der Waals surface area contributed by atoms with Crippen molar-refractivity contribution >= 4 is 16.8 Å². The molecule has 0 spiro atoms. The number of amides is 1. The standard InChI is InChI=1S/C20H27N3O5/c1-12-21-15-9-17(27-5)16(26-4)8-14(15)19(25)23(12)11-18(24)22-13-6-7-28-20(2,3)10-13/h8-9,13H,6-7,10-11H2,1-5H3,(H,22,24). The number of methoxy groups -OCH3 is 2. The van der Waals surface area contributed by atoms with Crippen LogP contribution in [-0.2, 0) is 16.1 Å². The SMILES string of the molecule is COc1cc2nc(C)n(CC(=O)NC3CCOC(C)(C)C3)c(=O)c2cc1OC. The Morgan fingerprint density at radius 3 is 2.64 bits per heavy atom. The molecule has 28 heavy (non-hydrogen) atoms. The third-order valence-electron chi connectivity index (χ3n) is 5.01. The number of nitrogens with zero attached hydrogens (tertiary/aromatic N) is 2. The largest absolute Gasteiger partial charge is 0.493 e. The van der Waals surface area contributed by atoms with E-state index >= 15 is 0 Å². The van der Waals surface area contributed by atoms with E-state index in [0.29, 0.717) is 34.8 Å². The van der Waals surface area contributed by atoms with Crippen molar-refractivity contribution in [2.24, 2.45) is 0 Å². The first-order valence-electron chi connectivity index (χ1n) is 9.30. The lowest BCUT2D eigenvalue weighted by molar-refractivity contribution is -0.124. The van der Waals surface area contributed by atoms with Crippen molar-refractivity contribution in [1.29, 1.82) is 0 Å². The second-order valence-electron chi connectivity index (χ2n) is 7.64. The lowest BCUT2D eigenvalue weighted by Crippen LogP contribution is -2.47. The first kappa shape index (κ1) is 20.1. The Kier molecular flexibility index (Phi) is 5.60. The Hall–Kier alpha value is -2.61. The zero-order valence-corrected chi connectivity index (χ0v) is 17.0. The quantitative estimate of drug-likeness (QED) is 0.838. The van der Waals surface area contributed by atoms with E-state index < -0.39 is 0 Å². The lowest BCUT2D eigenvalue weighted by Gasteiger charge is -2.35. The summed E-state index contributed by atoms with van der Waals surface area (Å²) >= 11 is 0. The van der Waals surface area contributed by atoms with Crippen LogP contribution in [0.3, 0.4) is 0 Å². The summed E-state index contributed by atoms with van der Waals surface area (Å²) in [6.45, 7) is 6.25. The van der Waals surface area contributed by atoms with Gasteiger partial charge in [-0.15, -0.1) is 0 Å². The second-order valence-corrected chi connectivity index (χ2v) is 7.64. The molecule has 1 aromatic heterocycles. The predicted octanol–water partition coefficient (Wildman–Crippen LogP) is 1.80. The number of rotatable bonds is 5. The molecule has 2 aromatic rings. The first-order chi connectivity index (χ1) is 13.2. The van der Waals surface area contributed by atoms with E-state index in [1.54, 1.807) is 19.1 Å². The molecule has 1 aliphatic heterocycles. The van der Waals surface area contributed by atoms with E-state index in [0.717, 1.165) is 12.8 Å². The Bertz CT molecular complexity index is 951. The minimum Gasteiger partial charge on any atom is -0.493 e. The molecule has 3 rings (SSSR count). The van der Waals surface area contributed by atoms with Crippen LogP contribution in [0.5, 0.6) is 11.5 Å². The monoisotopic (exact) mass is 389 g/mol. The van der Waals surface area contributed by atoms with Gasteiger partial charge in [0.1, 0.15) is 12.4 Å². The summed E-state index contributed by atoms with van der Waals surface area (Å²) in [6.07, 6.45) is 1.50. The van der Waals surface area contributed by atoms with Gasteiger partial charge in [0.25, 0.3) is 5.56 Å². The van der Waals surface area contributed by atoms with E-state index in [1.165, 1.54) is 18.8 Å². The van der Waals surface area contributed by atoms with Gasteiger partial charge in [-0.25, -0.2) is 4.98 Å². The highest BCUT2D eigenvalue weighted by atomic mass is 16.5. The summed E-state index contributed by atoms with van der Waals surface area (Å²) in [6, 6.07) is 3.29. The second kappa shape index (κ2) is 7.79. The summed E-state index contributed by atoms with van der Waals surface area (Å²) in [5, 5.41) is 3.39. The molecule has 0 saturated carbocycles. The topological polar surface area (TPSA) is 91.7 Å². The third-order valence-corrected chi connectivity index (χ3v) is 5.01. The Morgan fingerprint density at radius 1 is 1.32 bits per heavy atom. The van der Waals surface area contributed by atoms with Crippen LogP contribution < -0.4 is 20.3 Å². The number of hydrogen-bond acceptors (Lipinski definition) is 6. The van der Waals surface area contributed by atoms with Crippen molar-refractivity contribution in [3.05, 3.63) is 28.3 Å². The molecule has 8 nitrogen and oxygen atoms in total. The Morgan fingerprint density at radius 2 is 2.00 bits per heavy atom. The highest BCUT2D eigenvalue weighted by Gasteiger charge is 2.29. The van der Waals surface area contributed by atoms with Crippen LogP contribution in [0, 0.1) is 6.92 Å². The predicted molar refractivity (Wildman–Crippen MR) is 105 cm³/mol. The normalized spacial score (nSPS) is 18.7. The average molecular weight is 389 g/mol. The zero-order valence-electron chi connectivity index (χ0n) is 17.0. The number of carbonyl (C=O) groups excluding carboxylic acids is 1. The maximum atomic E-state index is 13.0. The molecule has 1 unspecified atom stereocenters. The number of benzene rings is 1. The molecule has 8 heteroatoms. The van der Waals surface area contributed by atoms with Crippen LogP contribution in [0.4, 0.5) is 0 Å². The van der Waals surface area contributed by atoms with Gasteiger partial charge in [-0.2, -0.15) is 0 Å². The maximum absolute atomic E-state index is 13.0. The van der Waals surface area contributed by atoms with E-state index in [2.05, 4.69) is 10.3 Å². The molecule has 1 fully saturated rings. The van der Waals surface area contributed by atoms with Crippen LogP contribution in [0.15, 0.2) is 16.9 Å². The van der Waals surface area contributed by atoms with Crippen molar-refractivity contribution in [2.45, 2.75) is 51.8 Å². The summed E-state index contributed by atoms with van der Waals surface area (Å²) < 4.78 is 17.6. The van der Waals surface area contributed by atoms with Crippen LogP contribution in [0.2, 0.25) is 0 Å². The van der Waals surface area contributed by atoms with Gasteiger partial charge in [0.05, 0.1) is 30.7 Å². The van der Waals surface area contributed by atoms with Crippen LogP contribution in [0.1, 0.15) is 32.5 Å². The zero-order chi connectivity index (χ0) is 20.5. The Labute approximate surface area is 163 Å². The molecular weight excluding hydrogens is 362 g/mol. The van der Waals surface area contributed by atoms with Crippen molar-refractivity contribution in [3.63, 3.8) is 0 Å². The van der Waals surface area contributed by atoms with Gasteiger partial charge >= 0.3 is 0 Å². The minimum atomic E-state index is -0.286. The van der Waals surface area contributed by atoms with Gasteiger partial charge in [0.2, 0.25) is 5.91 Å².